The minimum Gasteiger partial charge on any atom is -0.478 e. The van der Waals surface area contributed by atoms with Gasteiger partial charge in [0.2, 0.25) is 5.91 Å². The van der Waals surface area contributed by atoms with E-state index in [2.05, 4.69) is 18.5 Å². The molecule has 0 aromatic carbocycles. The van der Waals surface area contributed by atoms with Gasteiger partial charge in [-0.3, -0.25) is 9.35 Å². The number of carbonyl (C=O) groups is 2. The Balaban J connectivity index is 0. The molecule has 0 radical (unpaired) electrons. The summed E-state index contributed by atoms with van der Waals surface area (Å²) in [6, 6.07) is 0. The van der Waals surface area contributed by atoms with E-state index in [0.29, 0.717) is 0 Å². The summed E-state index contributed by atoms with van der Waals surface area (Å²) in [5, 5.41) is 9.74. The Kier molecular flexibility index (Phi) is 7.91. The maximum Gasteiger partial charge on any atom is 0.327 e. The van der Waals surface area contributed by atoms with Crippen LogP contribution in [-0.2, 0) is 19.7 Å². The summed E-state index contributed by atoms with van der Waals surface area (Å²) in [7, 11) is -4.30. The third-order valence-corrected chi connectivity index (χ3v) is 3.52. The minimum absolute atomic E-state index is 0.0748. The fourth-order valence-electron chi connectivity index (χ4n) is 0.647. The highest BCUT2D eigenvalue weighted by molar-refractivity contribution is 7.87. The van der Waals surface area contributed by atoms with Gasteiger partial charge in [-0.25, -0.2) is 4.79 Å². The molecule has 0 fully saturated rings. The molecule has 8 heteroatoms. The van der Waals surface area contributed by atoms with Crippen LogP contribution >= 0.6 is 0 Å². The van der Waals surface area contributed by atoms with Crippen LogP contribution in [0.3, 0.4) is 0 Å². The third kappa shape index (κ3) is 6.81. The fourth-order valence-corrected chi connectivity index (χ4v) is 1.24. The van der Waals surface area contributed by atoms with Crippen molar-refractivity contribution in [2.24, 2.45) is 0 Å². The molecule has 0 aliphatic heterocycles. The van der Waals surface area contributed by atoms with Crippen LogP contribution in [-0.4, -0.2) is 34.8 Å². The summed E-state index contributed by atoms with van der Waals surface area (Å²) >= 11 is 0. The zero-order valence-electron chi connectivity index (χ0n) is 10.2. The molecule has 0 heterocycles. The molecule has 1 atom stereocenters. The summed E-state index contributed by atoms with van der Waals surface area (Å²) < 4.78 is 30.5. The lowest BCUT2D eigenvalue weighted by atomic mass is 10.2. The SMILES string of the molecule is C=CC(=O)NC(C)(CC)S(=O)(=O)O.C=CC(=O)O. The predicted octanol–water partition coefficient (Wildman–Crippen LogP) is 0.560. The first-order chi connectivity index (χ1) is 8.04. The molecular weight excluding hydrogens is 262 g/mol. The van der Waals surface area contributed by atoms with E-state index < -0.39 is 26.9 Å². The highest BCUT2D eigenvalue weighted by atomic mass is 32.2. The number of aliphatic carboxylic acids is 1. The first kappa shape index (κ1) is 18.7. The Hall–Kier alpha value is -1.67. The summed E-state index contributed by atoms with van der Waals surface area (Å²) in [6.45, 7) is 8.90. The maximum atomic E-state index is 10.8. The van der Waals surface area contributed by atoms with E-state index in [9.17, 15) is 18.0 Å². The van der Waals surface area contributed by atoms with Crippen molar-refractivity contribution in [2.75, 3.05) is 0 Å². The van der Waals surface area contributed by atoms with E-state index >= 15 is 0 Å². The molecular formula is C10H17NO6S. The van der Waals surface area contributed by atoms with Crippen molar-refractivity contribution in [2.45, 2.75) is 25.1 Å². The molecule has 0 aromatic heterocycles. The Morgan fingerprint density at radius 2 is 1.72 bits per heavy atom. The largest absolute Gasteiger partial charge is 0.478 e. The lowest BCUT2D eigenvalue weighted by Crippen LogP contribution is -2.50. The number of carboxylic acids is 1. The molecule has 0 saturated carbocycles. The average molecular weight is 279 g/mol. The van der Waals surface area contributed by atoms with Gasteiger partial charge in [0.25, 0.3) is 10.1 Å². The molecule has 0 saturated heterocycles. The molecule has 1 unspecified atom stereocenters. The van der Waals surface area contributed by atoms with Crippen molar-refractivity contribution in [3.05, 3.63) is 25.3 Å². The van der Waals surface area contributed by atoms with Gasteiger partial charge in [-0.05, 0) is 19.4 Å². The van der Waals surface area contributed by atoms with E-state index in [0.717, 1.165) is 12.2 Å². The highest BCUT2D eigenvalue weighted by Crippen LogP contribution is 2.15. The monoisotopic (exact) mass is 279 g/mol. The Labute approximate surface area is 106 Å². The molecule has 0 aliphatic carbocycles. The Morgan fingerprint density at radius 3 is 1.89 bits per heavy atom. The highest BCUT2D eigenvalue weighted by Gasteiger charge is 2.36. The first-order valence-corrected chi connectivity index (χ1v) is 6.25. The molecule has 0 spiro atoms. The molecule has 0 aliphatic rings. The Morgan fingerprint density at radius 1 is 1.33 bits per heavy atom. The quantitative estimate of drug-likeness (QED) is 0.499. The van der Waals surface area contributed by atoms with E-state index in [1.54, 1.807) is 0 Å². The van der Waals surface area contributed by atoms with Crippen LogP contribution in [0, 0.1) is 0 Å². The number of nitrogens with one attached hydrogen (secondary N) is 1. The lowest BCUT2D eigenvalue weighted by Gasteiger charge is -2.25. The van der Waals surface area contributed by atoms with Gasteiger partial charge < -0.3 is 10.4 Å². The topological polar surface area (TPSA) is 121 Å². The summed E-state index contributed by atoms with van der Waals surface area (Å²) in [5.74, 6) is -1.62. The van der Waals surface area contributed by atoms with Crippen LogP contribution < -0.4 is 5.32 Å². The molecule has 1 amide bonds. The number of hydrogen-bond acceptors (Lipinski definition) is 4. The first-order valence-electron chi connectivity index (χ1n) is 4.81. The second kappa shape index (κ2) is 7.62. The van der Waals surface area contributed by atoms with Crippen LogP contribution in [0.2, 0.25) is 0 Å². The fraction of sp³-hybridized carbons (Fsp3) is 0.400. The van der Waals surface area contributed by atoms with Crippen molar-refractivity contribution in [3.63, 3.8) is 0 Å². The Bertz CT molecular complexity index is 428. The van der Waals surface area contributed by atoms with E-state index in [1.807, 2.05) is 0 Å². The van der Waals surface area contributed by atoms with Crippen molar-refractivity contribution >= 4 is 22.0 Å². The van der Waals surface area contributed by atoms with Gasteiger partial charge in [0.05, 0.1) is 0 Å². The van der Waals surface area contributed by atoms with Gasteiger partial charge >= 0.3 is 5.97 Å². The predicted molar refractivity (Wildman–Crippen MR) is 66.4 cm³/mol. The average Bonchev–Trinajstić information content (AvgIpc) is 2.27. The lowest BCUT2D eigenvalue weighted by molar-refractivity contribution is -0.131. The van der Waals surface area contributed by atoms with Gasteiger partial charge in [-0.1, -0.05) is 20.1 Å². The molecule has 18 heavy (non-hydrogen) atoms. The number of carbonyl (C=O) groups excluding carboxylic acids is 1. The number of rotatable bonds is 5. The van der Waals surface area contributed by atoms with Crippen molar-refractivity contribution < 1.29 is 27.7 Å². The van der Waals surface area contributed by atoms with Gasteiger partial charge in [0, 0.05) is 6.08 Å². The number of carboxylic acid groups (broad SMARTS) is 1. The van der Waals surface area contributed by atoms with Crippen molar-refractivity contribution in [3.8, 4) is 0 Å². The molecule has 0 aromatic rings. The number of hydrogen-bond donors (Lipinski definition) is 3. The van der Waals surface area contributed by atoms with Gasteiger partial charge in [-0.2, -0.15) is 8.42 Å². The van der Waals surface area contributed by atoms with Crippen LogP contribution in [0.25, 0.3) is 0 Å². The van der Waals surface area contributed by atoms with Crippen molar-refractivity contribution in [1.29, 1.82) is 0 Å². The van der Waals surface area contributed by atoms with Crippen LogP contribution in [0.1, 0.15) is 20.3 Å². The molecule has 3 N–H and O–H groups in total. The van der Waals surface area contributed by atoms with Gasteiger partial charge in [0.1, 0.15) is 0 Å². The standard InChI is InChI=1S/C7H13NO4S.C3H4O2/c1-4-6(9)8-7(3,5-2)13(10,11)12;1-2-3(4)5/h4H,1,5H2,2-3H3,(H,8,9)(H,10,11,12);2H,1H2,(H,4,5). The normalized spacial score (nSPS) is 13.3. The maximum absolute atomic E-state index is 10.8. The summed E-state index contributed by atoms with van der Waals surface area (Å²) in [5.41, 5.74) is 0. The van der Waals surface area contributed by atoms with Crippen LogP contribution in [0.4, 0.5) is 0 Å². The van der Waals surface area contributed by atoms with Gasteiger partial charge in [-0.15, -0.1) is 0 Å². The second-order valence-corrected chi connectivity index (χ2v) is 5.15. The molecule has 104 valence electrons. The number of amides is 1. The smallest absolute Gasteiger partial charge is 0.327 e. The minimum atomic E-state index is -4.30. The van der Waals surface area contributed by atoms with Crippen molar-refractivity contribution in [1.82, 2.24) is 5.32 Å². The van der Waals surface area contributed by atoms with Crippen LogP contribution in [0.15, 0.2) is 25.3 Å². The molecule has 0 rings (SSSR count). The van der Waals surface area contributed by atoms with Gasteiger partial charge in [0.15, 0.2) is 4.87 Å². The second-order valence-electron chi connectivity index (χ2n) is 3.30. The van der Waals surface area contributed by atoms with E-state index in [1.165, 1.54) is 13.8 Å². The zero-order valence-corrected chi connectivity index (χ0v) is 11.0. The summed E-state index contributed by atoms with van der Waals surface area (Å²) in [4.78, 5) is 18.4. The zero-order chi connectivity index (χ0) is 15.0. The third-order valence-electron chi connectivity index (χ3n) is 1.99. The van der Waals surface area contributed by atoms with E-state index in [4.69, 9.17) is 9.66 Å². The molecule has 0 bridgehead atoms. The van der Waals surface area contributed by atoms with E-state index in [-0.39, 0.29) is 6.42 Å². The summed E-state index contributed by atoms with van der Waals surface area (Å²) in [6.07, 6.45) is 1.85. The van der Waals surface area contributed by atoms with Crippen LogP contribution in [0.5, 0.6) is 0 Å². The molecule has 7 nitrogen and oxygen atoms in total.